The van der Waals surface area contributed by atoms with Crippen LogP contribution < -0.4 is 9.62 Å². The van der Waals surface area contributed by atoms with Gasteiger partial charge in [0.25, 0.3) is 0 Å². The van der Waals surface area contributed by atoms with Crippen LogP contribution in [0.3, 0.4) is 0 Å². The maximum Gasteiger partial charge on any atom is 0.318 e. The van der Waals surface area contributed by atoms with Gasteiger partial charge in [0.1, 0.15) is 0 Å². The first-order valence-electron chi connectivity index (χ1n) is 9.09. The molecular formula is C18H23N5O3S. The van der Waals surface area contributed by atoms with E-state index >= 15 is 0 Å². The Morgan fingerprint density at radius 1 is 1.30 bits per heavy atom. The zero-order chi connectivity index (χ0) is 19.0. The number of aromatic nitrogens is 2. The Balaban J connectivity index is 1.52. The molecule has 2 aromatic rings. The van der Waals surface area contributed by atoms with Crippen molar-refractivity contribution < 1.29 is 13.2 Å². The van der Waals surface area contributed by atoms with Crippen LogP contribution in [0.2, 0.25) is 0 Å². The molecule has 2 aliphatic heterocycles. The summed E-state index contributed by atoms with van der Waals surface area (Å²) in [6.45, 7) is 3.77. The minimum Gasteiger partial charge on any atom is -0.334 e. The third-order valence-corrected chi connectivity index (χ3v) is 6.99. The second kappa shape index (κ2) is 6.88. The van der Waals surface area contributed by atoms with Crippen molar-refractivity contribution in [1.29, 1.82) is 0 Å². The largest absolute Gasteiger partial charge is 0.334 e. The van der Waals surface area contributed by atoms with Crippen LogP contribution in [0.1, 0.15) is 24.6 Å². The average Bonchev–Trinajstić information content (AvgIpc) is 3.21. The predicted octanol–water partition coefficient (Wildman–Crippen LogP) is 1.54. The normalized spacial score (nSPS) is 21.1. The molecule has 1 aromatic heterocycles. The van der Waals surface area contributed by atoms with Crippen LogP contribution >= 0.6 is 0 Å². The lowest BCUT2D eigenvalue weighted by molar-refractivity contribution is 0.149. The minimum atomic E-state index is -3.28. The number of amides is 2. The predicted molar refractivity (Wildman–Crippen MR) is 102 cm³/mol. The van der Waals surface area contributed by atoms with Crippen molar-refractivity contribution in [2.45, 2.75) is 39.0 Å². The summed E-state index contributed by atoms with van der Waals surface area (Å²) < 4.78 is 27.8. The molecule has 2 amide bonds. The molecule has 0 bridgehead atoms. The van der Waals surface area contributed by atoms with Crippen LogP contribution in [0.25, 0.3) is 0 Å². The first-order chi connectivity index (χ1) is 13.0. The van der Waals surface area contributed by atoms with Crippen LogP contribution in [0.4, 0.5) is 10.5 Å². The van der Waals surface area contributed by atoms with Crippen LogP contribution in [-0.2, 0) is 29.7 Å². The number of benzene rings is 1. The summed E-state index contributed by atoms with van der Waals surface area (Å²) in [7, 11) is -3.28. The van der Waals surface area contributed by atoms with Crippen molar-refractivity contribution in [1.82, 2.24) is 20.0 Å². The smallest absolute Gasteiger partial charge is 0.318 e. The van der Waals surface area contributed by atoms with Gasteiger partial charge in [0.15, 0.2) is 0 Å². The molecule has 0 unspecified atom stereocenters. The van der Waals surface area contributed by atoms with Crippen molar-refractivity contribution in [3.05, 3.63) is 47.8 Å². The van der Waals surface area contributed by atoms with Gasteiger partial charge in [-0.15, -0.1) is 0 Å². The van der Waals surface area contributed by atoms with Gasteiger partial charge in [-0.1, -0.05) is 30.3 Å². The Hall–Kier alpha value is -2.55. The van der Waals surface area contributed by atoms with Crippen molar-refractivity contribution in [3.8, 4) is 0 Å². The van der Waals surface area contributed by atoms with E-state index in [1.165, 1.54) is 4.31 Å². The zero-order valence-corrected chi connectivity index (χ0v) is 16.0. The summed E-state index contributed by atoms with van der Waals surface area (Å²) in [6.07, 6.45) is 2.22. The van der Waals surface area contributed by atoms with Crippen molar-refractivity contribution in [2.24, 2.45) is 0 Å². The monoisotopic (exact) mass is 389 g/mol. The Morgan fingerprint density at radius 2 is 2.07 bits per heavy atom. The van der Waals surface area contributed by atoms with Gasteiger partial charge in [-0.05, 0) is 18.9 Å². The summed E-state index contributed by atoms with van der Waals surface area (Å²) in [5, 5.41) is 7.31. The molecule has 8 nitrogen and oxygen atoms in total. The van der Waals surface area contributed by atoms with E-state index in [-0.39, 0.29) is 17.8 Å². The van der Waals surface area contributed by atoms with Gasteiger partial charge in [0.05, 0.1) is 42.5 Å². The number of rotatable bonds is 3. The van der Waals surface area contributed by atoms with Gasteiger partial charge in [-0.2, -0.15) is 5.10 Å². The number of carbonyl (C=O) groups is 1. The lowest BCUT2D eigenvalue weighted by atomic mass is 10.2. The van der Waals surface area contributed by atoms with E-state index in [0.717, 1.165) is 11.3 Å². The van der Waals surface area contributed by atoms with E-state index in [4.69, 9.17) is 0 Å². The fourth-order valence-electron chi connectivity index (χ4n) is 3.65. The Kier molecular flexibility index (Phi) is 4.55. The molecule has 3 heterocycles. The highest BCUT2D eigenvalue weighted by atomic mass is 32.2. The molecule has 9 heteroatoms. The summed E-state index contributed by atoms with van der Waals surface area (Å²) in [5.74, 6) is 0.162. The summed E-state index contributed by atoms with van der Waals surface area (Å²) in [4.78, 5) is 14.5. The second-order valence-electron chi connectivity index (χ2n) is 7.02. The summed E-state index contributed by atoms with van der Waals surface area (Å²) in [6, 6.07) is 9.55. The third kappa shape index (κ3) is 3.39. The average molecular weight is 389 g/mol. The minimum absolute atomic E-state index is 0.0313. The van der Waals surface area contributed by atoms with Crippen LogP contribution in [0.5, 0.6) is 0 Å². The van der Waals surface area contributed by atoms with E-state index in [1.54, 1.807) is 11.1 Å². The molecule has 0 aliphatic carbocycles. The van der Waals surface area contributed by atoms with E-state index < -0.39 is 10.0 Å². The van der Waals surface area contributed by atoms with Gasteiger partial charge >= 0.3 is 6.03 Å². The maximum absolute atomic E-state index is 12.7. The van der Waals surface area contributed by atoms with Crippen molar-refractivity contribution in [2.75, 3.05) is 16.6 Å². The van der Waals surface area contributed by atoms with Crippen LogP contribution in [-0.4, -0.2) is 47.5 Å². The first kappa shape index (κ1) is 17.8. The molecule has 1 saturated heterocycles. The van der Waals surface area contributed by atoms with Gasteiger partial charge in [-0.3, -0.25) is 8.99 Å². The van der Waals surface area contributed by atoms with Gasteiger partial charge in [0.2, 0.25) is 10.0 Å². The van der Waals surface area contributed by atoms with E-state index in [0.29, 0.717) is 38.3 Å². The van der Waals surface area contributed by atoms with Gasteiger partial charge in [-0.25, -0.2) is 13.2 Å². The number of fused-ring (bicyclic) bond motifs is 1. The Labute approximate surface area is 158 Å². The highest BCUT2D eigenvalue weighted by Gasteiger charge is 2.35. The molecule has 4 rings (SSSR count). The summed E-state index contributed by atoms with van der Waals surface area (Å²) >= 11 is 0. The molecule has 144 valence electrons. The number of nitrogens with zero attached hydrogens (tertiary/aromatic N) is 4. The van der Waals surface area contributed by atoms with Crippen molar-refractivity contribution in [3.63, 3.8) is 0 Å². The molecule has 0 spiro atoms. The number of carbonyl (C=O) groups excluding carboxylic acids is 1. The maximum atomic E-state index is 12.7. The molecule has 0 saturated carbocycles. The topological polar surface area (TPSA) is 87.5 Å². The van der Waals surface area contributed by atoms with Crippen LogP contribution in [0.15, 0.2) is 36.5 Å². The number of hydrogen-bond donors (Lipinski definition) is 1. The molecule has 1 fully saturated rings. The molecule has 27 heavy (non-hydrogen) atoms. The lowest BCUT2D eigenvalue weighted by Crippen LogP contribution is -2.49. The number of nitrogens with one attached hydrogen (secondary N) is 1. The van der Waals surface area contributed by atoms with Crippen LogP contribution in [0, 0.1) is 0 Å². The zero-order valence-electron chi connectivity index (χ0n) is 15.2. The van der Waals surface area contributed by atoms with Gasteiger partial charge in [0, 0.05) is 13.1 Å². The standard InChI is InChI=1S/C18H23N5O3S/c1-14-12-22-17(16(11-20-22)23-8-5-9-27(23,25)26)13-21(14)18(24)19-10-15-6-3-2-4-7-15/h2-4,6-7,11,14H,5,8-10,12-13H2,1H3,(H,19,24)/t14-/m0/s1. The van der Waals surface area contributed by atoms with Gasteiger partial charge < -0.3 is 10.2 Å². The summed E-state index contributed by atoms with van der Waals surface area (Å²) in [5.41, 5.74) is 2.40. The van der Waals surface area contributed by atoms with E-state index in [2.05, 4.69) is 10.4 Å². The fraction of sp³-hybridized carbons (Fsp3) is 0.444. The number of hydrogen-bond acceptors (Lipinski definition) is 4. The molecule has 1 N–H and O–H groups in total. The third-order valence-electron chi connectivity index (χ3n) is 5.13. The highest BCUT2D eigenvalue weighted by molar-refractivity contribution is 7.93. The van der Waals surface area contributed by atoms with Crippen molar-refractivity contribution >= 4 is 21.7 Å². The lowest BCUT2D eigenvalue weighted by Gasteiger charge is -2.35. The number of anilines is 1. The molecule has 1 atom stereocenters. The fourth-order valence-corrected chi connectivity index (χ4v) is 5.23. The number of urea groups is 1. The number of sulfonamides is 1. The SMILES string of the molecule is C[C@H]1Cn2ncc(N3CCCS3(=O)=O)c2CN1C(=O)NCc1ccccc1. The highest BCUT2D eigenvalue weighted by Crippen LogP contribution is 2.31. The van der Waals surface area contributed by atoms with E-state index in [1.807, 2.05) is 41.9 Å². The molecule has 0 radical (unpaired) electrons. The van der Waals surface area contributed by atoms with E-state index in [9.17, 15) is 13.2 Å². The molecular weight excluding hydrogens is 366 g/mol. The quantitative estimate of drug-likeness (QED) is 0.863. The molecule has 2 aliphatic rings. The second-order valence-corrected chi connectivity index (χ2v) is 9.03. The molecule has 1 aromatic carbocycles. The first-order valence-corrected chi connectivity index (χ1v) is 10.7. The Morgan fingerprint density at radius 3 is 2.78 bits per heavy atom. The Bertz CT molecular complexity index is 941.